The van der Waals surface area contributed by atoms with Gasteiger partial charge in [-0.05, 0) is 65.9 Å². The third-order valence-electron chi connectivity index (χ3n) is 3.22. The van der Waals surface area contributed by atoms with Gasteiger partial charge in [0.05, 0.1) is 12.4 Å². The van der Waals surface area contributed by atoms with Crippen molar-refractivity contribution in [1.29, 1.82) is 0 Å². The van der Waals surface area contributed by atoms with Gasteiger partial charge in [-0.2, -0.15) is 0 Å². The van der Waals surface area contributed by atoms with E-state index in [0.717, 1.165) is 16.8 Å². The first-order chi connectivity index (χ1) is 8.24. The van der Waals surface area contributed by atoms with Gasteiger partial charge in [-0.1, -0.05) is 0 Å². The van der Waals surface area contributed by atoms with Gasteiger partial charge in [0.1, 0.15) is 5.82 Å². The minimum atomic E-state index is -0.122. The second-order valence-corrected chi connectivity index (χ2v) is 5.84. The van der Waals surface area contributed by atoms with Gasteiger partial charge in [-0.3, -0.25) is 0 Å². The van der Waals surface area contributed by atoms with E-state index in [9.17, 15) is 4.39 Å². The van der Waals surface area contributed by atoms with Crippen LogP contribution in [0.5, 0.6) is 0 Å². The van der Waals surface area contributed by atoms with Crippen LogP contribution in [0.2, 0.25) is 0 Å². The summed E-state index contributed by atoms with van der Waals surface area (Å²) in [7, 11) is 0. The van der Waals surface area contributed by atoms with Crippen molar-refractivity contribution in [3.05, 3.63) is 39.9 Å². The molecule has 3 rings (SSSR count). The third-order valence-corrected chi connectivity index (χ3v) is 3.89. The van der Waals surface area contributed by atoms with Crippen LogP contribution < -0.4 is 4.90 Å². The molecule has 0 saturated heterocycles. The number of nitrogens with zero attached hydrogens (tertiary/aromatic N) is 2. The lowest BCUT2D eigenvalue weighted by atomic mass is 10.2. The van der Waals surface area contributed by atoms with E-state index in [2.05, 4.69) is 44.7 Å². The van der Waals surface area contributed by atoms with Gasteiger partial charge in [-0.25, -0.2) is 4.39 Å². The van der Waals surface area contributed by atoms with Crippen molar-refractivity contribution in [2.75, 3.05) is 18.1 Å². The van der Waals surface area contributed by atoms with Crippen LogP contribution in [-0.4, -0.2) is 24.2 Å². The lowest BCUT2D eigenvalue weighted by Gasteiger charge is -2.34. The quantitative estimate of drug-likeness (QED) is 0.761. The van der Waals surface area contributed by atoms with Crippen LogP contribution in [0.4, 0.5) is 10.1 Å². The Labute approximate surface area is 114 Å². The fraction of sp³-hybridized carbons (Fsp3) is 0.385. The largest absolute Gasteiger partial charge is 0.357 e. The molecule has 2 nitrogen and oxygen atoms in total. The molecule has 0 radical (unpaired) electrons. The summed E-state index contributed by atoms with van der Waals surface area (Å²) in [5.74, 6) is -0.122. The first-order valence-electron chi connectivity index (χ1n) is 5.86. The number of halogens is 2. The van der Waals surface area contributed by atoms with E-state index in [1.165, 1.54) is 12.8 Å². The molecule has 1 heterocycles. The molecule has 0 spiro atoms. The van der Waals surface area contributed by atoms with Crippen LogP contribution in [0.25, 0.3) is 0 Å². The smallest absolute Gasteiger partial charge is 0.147 e. The van der Waals surface area contributed by atoms with Gasteiger partial charge in [0, 0.05) is 16.2 Å². The molecule has 4 heteroatoms. The first kappa shape index (κ1) is 11.3. The van der Waals surface area contributed by atoms with Crippen molar-refractivity contribution in [2.45, 2.75) is 18.9 Å². The molecular weight excluding hydrogens is 330 g/mol. The third kappa shape index (κ3) is 2.41. The van der Waals surface area contributed by atoms with Gasteiger partial charge < -0.3 is 9.80 Å². The van der Waals surface area contributed by atoms with Crippen LogP contribution >= 0.6 is 22.6 Å². The summed E-state index contributed by atoms with van der Waals surface area (Å²) >= 11 is 2.13. The number of benzene rings is 1. The second-order valence-electron chi connectivity index (χ2n) is 4.59. The molecule has 0 amide bonds. The van der Waals surface area contributed by atoms with Crippen molar-refractivity contribution in [3.8, 4) is 0 Å². The zero-order valence-corrected chi connectivity index (χ0v) is 11.6. The predicted molar refractivity (Wildman–Crippen MR) is 75.3 cm³/mol. The maximum atomic E-state index is 13.9. The van der Waals surface area contributed by atoms with Crippen molar-refractivity contribution < 1.29 is 4.39 Å². The lowest BCUT2D eigenvalue weighted by Crippen LogP contribution is -2.40. The summed E-state index contributed by atoms with van der Waals surface area (Å²) < 4.78 is 14.8. The minimum absolute atomic E-state index is 0.122. The van der Waals surface area contributed by atoms with E-state index in [-0.39, 0.29) is 5.82 Å². The summed E-state index contributed by atoms with van der Waals surface area (Å²) in [4.78, 5) is 4.39. The molecule has 1 aromatic carbocycles. The molecule has 1 aromatic rings. The Hall–Kier alpha value is -0.780. The molecule has 1 aliphatic carbocycles. The Kier molecular flexibility index (Phi) is 2.98. The minimum Gasteiger partial charge on any atom is -0.357 e. The van der Waals surface area contributed by atoms with Gasteiger partial charge in [0.15, 0.2) is 0 Å². The maximum absolute atomic E-state index is 13.9. The standard InChI is InChI=1S/C13H14FIN2/c14-12-8-10(15)2-5-13(12)17-7-1-6-16(9-17)11-3-4-11/h1-2,5-6,8,11H,3-4,7,9H2. The van der Waals surface area contributed by atoms with Crippen LogP contribution in [0.1, 0.15) is 12.8 Å². The number of hydrogen-bond acceptors (Lipinski definition) is 2. The van der Waals surface area contributed by atoms with E-state index >= 15 is 0 Å². The zero-order valence-electron chi connectivity index (χ0n) is 9.44. The lowest BCUT2D eigenvalue weighted by molar-refractivity contribution is 0.351. The average Bonchev–Trinajstić information content (AvgIpc) is 3.13. The Morgan fingerprint density at radius 2 is 2.12 bits per heavy atom. The van der Waals surface area contributed by atoms with Crippen LogP contribution in [-0.2, 0) is 0 Å². The van der Waals surface area contributed by atoms with Crippen LogP contribution in [0.15, 0.2) is 30.5 Å². The van der Waals surface area contributed by atoms with Crippen molar-refractivity contribution in [1.82, 2.24) is 4.90 Å². The molecule has 0 aromatic heterocycles. The number of hydrogen-bond donors (Lipinski definition) is 0. The molecule has 2 aliphatic rings. The van der Waals surface area contributed by atoms with Crippen LogP contribution in [0, 0.1) is 9.39 Å². The monoisotopic (exact) mass is 344 g/mol. The highest BCUT2D eigenvalue weighted by Gasteiger charge is 2.29. The highest BCUT2D eigenvalue weighted by Crippen LogP contribution is 2.30. The van der Waals surface area contributed by atoms with E-state index in [0.29, 0.717) is 11.7 Å². The molecule has 90 valence electrons. The predicted octanol–water partition coefficient (Wildman–Crippen LogP) is 3.19. The normalized spacial score (nSPS) is 19.9. The van der Waals surface area contributed by atoms with Crippen LogP contribution in [0.3, 0.4) is 0 Å². The molecule has 0 N–H and O–H groups in total. The Morgan fingerprint density at radius 3 is 2.82 bits per heavy atom. The summed E-state index contributed by atoms with van der Waals surface area (Å²) in [6, 6.07) is 6.11. The van der Waals surface area contributed by atoms with Crippen molar-refractivity contribution in [3.63, 3.8) is 0 Å². The molecule has 1 aliphatic heterocycles. The van der Waals surface area contributed by atoms with Crippen molar-refractivity contribution in [2.24, 2.45) is 0 Å². The Morgan fingerprint density at radius 1 is 1.29 bits per heavy atom. The molecule has 1 saturated carbocycles. The van der Waals surface area contributed by atoms with Gasteiger partial charge in [0.2, 0.25) is 0 Å². The topological polar surface area (TPSA) is 6.48 Å². The van der Waals surface area contributed by atoms with Crippen molar-refractivity contribution >= 4 is 28.3 Å². The fourth-order valence-corrected chi connectivity index (χ4v) is 2.62. The zero-order chi connectivity index (χ0) is 11.8. The second kappa shape index (κ2) is 4.48. The summed E-state index contributed by atoms with van der Waals surface area (Å²) in [5.41, 5.74) is 0.709. The molecule has 0 unspecified atom stereocenters. The SMILES string of the molecule is Fc1cc(I)ccc1N1CC=CN(C2CC2)C1. The fourth-order valence-electron chi connectivity index (χ4n) is 2.17. The van der Waals surface area contributed by atoms with Gasteiger partial charge in [-0.15, -0.1) is 0 Å². The van der Waals surface area contributed by atoms with Gasteiger partial charge in [0.25, 0.3) is 0 Å². The molecular formula is C13H14FIN2. The highest BCUT2D eigenvalue weighted by atomic mass is 127. The molecule has 1 fully saturated rings. The molecule has 0 bridgehead atoms. The molecule has 17 heavy (non-hydrogen) atoms. The average molecular weight is 344 g/mol. The molecule has 0 atom stereocenters. The van der Waals surface area contributed by atoms with E-state index < -0.39 is 0 Å². The van der Waals surface area contributed by atoms with Gasteiger partial charge >= 0.3 is 0 Å². The van der Waals surface area contributed by atoms with E-state index in [1.54, 1.807) is 6.07 Å². The van der Waals surface area contributed by atoms with E-state index in [1.807, 2.05) is 12.1 Å². The van der Waals surface area contributed by atoms with E-state index in [4.69, 9.17) is 0 Å². The summed E-state index contributed by atoms with van der Waals surface area (Å²) in [6.45, 7) is 1.60. The number of rotatable bonds is 2. The summed E-state index contributed by atoms with van der Waals surface area (Å²) in [6.07, 6.45) is 6.80. The highest BCUT2D eigenvalue weighted by molar-refractivity contribution is 14.1. The Bertz CT molecular complexity index is 457. The Balaban J connectivity index is 1.81. The summed E-state index contributed by atoms with van der Waals surface area (Å²) in [5, 5.41) is 0. The maximum Gasteiger partial charge on any atom is 0.147 e. The first-order valence-corrected chi connectivity index (χ1v) is 6.94. The number of anilines is 1.